The molecule has 0 unspecified atom stereocenters. The lowest BCUT2D eigenvalue weighted by molar-refractivity contribution is 0.0240. The maximum atomic E-state index is 12.1. The van der Waals surface area contributed by atoms with Gasteiger partial charge in [0.2, 0.25) is 0 Å². The zero-order valence-corrected chi connectivity index (χ0v) is 15.2. The van der Waals surface area contributed by atoms with Crippen molar-refractivity contribution in [3.05, 3.63) is 17.3 Å². The highest BCUT2D eigenvalue weighted by Crippen LogP contribution is 2.30. The van der Waals surface area contributed by atoms with Crippen LogP contribution in [0.15, 0.2) is 12.4 Å². The van der Waals surface area contributed by atoms with E-state index >= 15 is 0 Å². The summed E-state index contributed by atoms with van der Waals surface area (Å²) in [5.74, 6) is -0.263. The number of carboxylic acid groups (broad SMARTS) is 1. The van der Waals surface area contributed by atoms with E-state index in [-0.39, 0.29) is 11.0 Å². The van der Waals surface area contributed by atoms with Crippen molar-refractivity contribution >= 4 is 39.4 Å². The number of thiophene rings is 1. The van der Waals surface area contributed by atoms with Crippen LogP contribution in [0.4, 0.5) is 10.6 Å². The fourth-order valence-electron chi connectivity index (χ4n) is 2.63. The van der Waals surface area contributed by atoms with Gasteiger partial charge in [0.05, 0.1) is 5.39 Å². The Labute approximate surface area is 149 Å². The summed E-state index contributed by atoms with van der Waals surface area (Å²) in [7, 11) is 0. The molecular formula is C16H20N4O4S. The van der Waals surface area contributed by atoms with Crippen LogP contribution in [-0.2, 0) is 4.74 Å². The molecule has 0 atom stereocenters. The van der Waals surface area contributed by atoms with Crippen molar-refractivity contribution in [1.29, 1.82) is 0 Å². The van der Waals surface area contributed by atoms with Crippen molar-refractivity contribution in [3.8, 4) is 0 Å². The number of anilines is 1. The van der Waals surface area contributed by atoms with Gasteiger partial charge in [0.15, 0.2) is 0 Å². The van der Waals surface area contributed by atoms with Crippen LogP contribution in [0.2, 0.25) is 0 Å². The van der Waals surface area contributed by atoms with E-state index in [1.165, 1.54) is 6.33 Å². The lowest BCUT2D eigenvalue weighted by Gasteiger charge is -2.36. The molecule has 9 heteroatoms. The third-order valence-electron chi connectivity index (χ3n) is 3.75. The number of carbonyl (C=O) groups is 2. The maximum absolute atomic E-state index is 12.1. The van der Waals surface area contributed by atoms with Crippen molar-refractivity contribution < 1.29 is 19.4 Å². The summed E-state index contributed by atoms with van der Waals surface area (Å²) < 4.78 is 5.40. The molecule has 1 N–H and O–H groups in total. The monoisotopic (exact) mass is 364 g/mol. The molecule has 3 rings (SSSR count). The van der Waals surface area contributed by atoms with E-state index in [0.717, 1.165) is 16.7 Å². The van der Waals surface area contributed by atoms with E-state index in [2.05, 4.69) is 9.97 Å². The van der Waals surface area contributed by atoms with E-state index < -0.39 is 11.6 Å². The Balaban J connectivity index is 1.74. The number of rotatable bonds is 2. The summed E-state index contributed by atoms with van der Waals surface area (Å²) in [6, 6.07) is 1.61. The number of carboxylic acids is 1. The van der Waals surface area contributed by atoms with Crippen molar-refractivity contribution in [2.75, 3.05) is 31.1 Å². The number of ether oxygens (including phenoxy) is 1. The first-order valence-electron chi connectivity index (χ1n) is 7.95. The average Bonchev–Trinajstić information content (AvgIpc) is 2.98. The second-order valence-corrected chi connectivity index (χ2v) is 7.82. The molecule has 8 nitrogen and oxygen atoms in total. The standard InChI is InChI=1S/C16H20N4O4S/c1-16(2,3)24-15(23)20-6-4-19(5-7-20)12-10-8-11(14(21)22)25-13(10)18-9-17-12/h8-9H,4-7H2,1-3H3,(H,21,22). The number of aromatic nitrogens is 2. The molecule has 0 bridgehead atoms. The summed E-state index contributed by atoms with van der Waals surface area (Å²) in [6.07, 6.45) is 1.13. The first-order valence-corrected chi connectivity index (χ1v) is 8.77. The normalized spacial score (nSPS) is 15.5. The molecular weight excluding hydrogens is 344 g/mol. The van der Waals surface area contributed by atoms with E-state index in [0.29, 0.717) is 36.8 Å². The van der Waals surface area contributed by atoms with Gasteiger partial charge in [0.25, 0.3) is 0 Å². The highest BCUT2D eigenvalue weighted by atomic mass is 32.1. The van der Waals surface area contributed by atoms with Gasteiger partial charge in [-0.2, -0.15) is 0 Å². The summed E-state index contributed by atoms with van der Waals surface area (Å²) in [4.78, 5) is 36.4. The molecule has 1 saturated heterocycles. The second kappa shape index (κ2) is 6.47. The Bertz CT molecular complexity index is 806. The van der Waals surface area contributed by atoms with Crippen LogP contribution in [0, 0.1) is 0 Å². The molecule has 1 aliphatic rings. The largest absolute Gasteiger partial charge is 0.477 e. The number of piperazine rings is 1. The molecule has 0 radical (unpaired) electrons. The van der Waals surface area contributed by atoms with Crippen LogP contribution in [0.1, 0.15) is 30.4 Å². The molecule has 2 aromatic rings. The van der Waals surface area contributed by atoms with Crippen LogP contribution >= 0.6 is 11.3 Å². The van der Waals surface area contributed by atoms with Crippen molar-refractivity contribution in [2.45, 2.75) is 26.4 Å². The molecule has 1 aliphatic heterocycles. The van der Waals surface area contributed by atoms with Gasteiger partial charge < -0.3 is 19.6 Å². The topological polar surface area (TPSA) is 95.9 Å². The highest BCUT2D eigenvalue weighted by molar-refractivity contribution is 7.20. The van der Waals surface area contributed by atoms with Crippen molar-refractivity contribution in [2.24, 2.45) is 0 Å². The molecule has 0 aromatic carbocycles. The van der Waals surface area contributed by atoms with Gasteiger partial charge in [-0.3, -0.25) is 0 Å². The lowest BCUT2D eigenvalue weighted by Crippen LogP contribution is -2.50. The van der Waals surface area contributed by atoms with E-state index in [4.69, 9.17) is 9.84 Å². The smallest absolute Gasteiger partial charge is 0.410 e. The summed E-state index contributed by atoms with van der Waals surface area (Å²) in [6.45, 7) is 7.78. The van der Waals surface area contributed by atoms with Crippen molar-refractivity contribution in [3.63, 3.8) is 0 Å². The molecule has 1 amide bonds. The highest BCUT2D eigenvalue weighted by Gasteiger charge is 2.27. The fourth-order valence-corrected chi connectivity index (χ4v) is 3.46. The van der Waals surface area contributed by atoms with Crippen LogP contribution < -0.4 is 4.90 Å². The molecule has 134 valence electrons. The predicted molar refractivity (Wildman–Crippen MR) is 94.4 cm³/mol. The minimum absolute atomic E-state index is 0.240. The molecule has 0 spiro atoms. The fraction of sp³-hybridized carbons (Fsp3) is 0.500. The van der Waals surface area contributed by atoms with E-state index in [1.807, 2.05) is 25.7 Å². The molecule has 1 fully saturated rings. The van der Waals surface area contributed by atoms with Gasteiger partial charge >= 0.3 is 12.1 Å². The van der Waals surface area contributed by atoms with Crippen LogP contribution in [0.3, 0.4) is 0 Å². The van der Waals surface area contributed by atoms with Crippen LogP contribution in [-0.4, -0.2) is 63.8 Å². The number of carbonyl (C=O) groups excluding carboxylic acids is 1. The minimum atomic E-state index is -0.969. The quantitative estimate of drug-likeness (QED) is 0.874. The average molecular weight is 364 g/mol. The van der Waals surface area contributed by atoms with Gasteiger partial charge in [-0.25, -0.2) is 19.6 Å². The molecule has 25 heavy (non-hydrogen) atoms. The third-order valence-corrected chi connectivity index (χ3v) is 4.78. The molecule has 0 saturated carbocycles. The summed E-state index contributed by atoms with van der Waals surface area (Å²) in [5.41, 5.74) is -0.517. The Morgan fingerprint density at radius 2 is 1.88 bits per heavy atom. The third kappa shape index (κ3) is 3.81. The second-order valence-electron chi connectivity index (χ2n) is 6.79. The summed E-state index contributed by atoms with van der Waals surface area (Å²) >= 11 is 1.13. The van der Waals surface area contributed by atoms with E-state index in [9.17, 15) is 9.59 Å². The zero-order valence-electron chi connectivity index (χ0n) is 14.4. The maximum Gasteiger partial charge on any atom is 0.410 e. The Morgan fingerprint density at radius 1 is 1.20 bits per heavy atom. The minimum Gasteiger partial charge on any atom is -0.477 e. The van der Waals surface area contributed by atoms with Gasteiger partial charge in [0.1, 0.15) is 27.5 Å². The van der Waals surface area contributed by atoms with E-state index in [1.54, 1.807) is 11.0 Å². The lowest BCUT2D eigenvalue weighted by atomic mass is 10.2. The van der Waals surface area contributed by atoms with Gasteiger partial charge in [0, 0.05) is 26.2 Å². The molecule has 2 aromatic heterocycles. The predicted octanol–water partition coefficient (Wildman–Crippen LogP) is 2.45. The van der Waals surface area contributed by atoms with Crippen LogP contribution in [0.25, 0.3) is 10.2 Å². The van der Waals surface area contributed by atoms with Crippen LogP contribution in [0.5, 0.6) is 0 Å². The summed E-state index contributed by atoms with van der Waals surface area (Å²) in [5, 5.41) is 9.90. The zero-order chi connectivity index (χ0) is 18.2. The molecule has 0 aliphatic carbocycles. The number of hydrogen-bond acceptors (Lipinski definition) is 7. The Hall–Kier alpha value is -2.42. The number of aromatic carboxylic acids is 1. The number of fused-ring (bicyclic) bond motifs is 1. The van der Waals surface area contributed by atoms with Gasteiger partial charge in [-0.05, 0) is 26.8 Å². The molecule has 3 heterocycles. The SMILES string of the molecule is CC(C)(C)OC(=O)N1CCN(c2ncnc3sc(C(=O)O)cc23)CC1. The first-order chi connectivity index (χ1) is 11.7. The number of nitrogens with zero attached hydrogens (tertiary/aromatic N) is 4. The Kier molecular flexibility index (Phi) is 4.51. The van der Waals surface area contributed by atoms with Gasteiger partial charge in [-0.1, -0.05) is 0 Å². The number of amides is 1. The van der Waals surface area contributed by atoms with Crippen molar-refractivity contribution in [1.82, 2.24) is 14.9 Å². The Morgan fingerprint density at radius 3 is 2.48 bits per heavy atom. The first kappa shape index (κ1) is 17.4. The number of hydrogen-bond donors (Lipinski definition) is 1. The van der Waals surface area contributed by atoms with Gasteiger partial charge in [-0.15, -0.1) is 11.3 Å².